The van der Waals surface area contributed by atoms with Crippen LogP contribution in [-0.2, 0) is 6.42 Å². The van der Waals surface area contributed by atoms with Gasteiger partial charge in [-0.1, -0.05) is 58.8 Å². The lowest BCUT2D eigenvalue weighted by Gasteiger charge is -2.28. The number of ether oxygens (including phenoxy) is 1. The van der Waals surface area contributed by atoms with E-state index in [1.807, 2.05) is 0 Å². The van der Waals surface area contributed by atoms with Crippen LogP contribution in [-0.4, -0.2) is 6.36 Å². The highest BCUT2D eigenvalue weighted by Gasteiger charge is 2.34. The van der Waals surface area contributed by atoms with E-state index in [-0.39, 0.29) is 0 Å². The molecular weight excluding hydrogens is 473 g/mol. The van der Waals surface area contributed by atoms with Gasteiger partial charge in [0.05, 0.1) is 5.56 Å². The lowest BCUT2D eigenvalue weighted by Crippen LogP contribution is -2.19. The molecule has 0 radical (unpaired) electrons. The molecule has 3 rings (SSSR count). The zero-order chi connectivity index (χ0) is 25.8. The first kappa shape index (κ1) is 27.3. The molecule has 0 heterocycles. The second-order valence-corrected chi connectivity index (χ2v) is 10.0. The van der Waals surface area contributed by atoms with Crippen molar-refractivity contribution in [1.82, 2.24) is 0 Å². The van der Waals surface area contributed by atoms with E-state index in [0.29, 0.717) is 30.0 Å². The molecule has 194 valence electrons. The van der Waals surface area contributed by atoms with Crippen molar-refractivity contribution >= 4 is 0 Å². The summed E-state index contributed by atoms with van der Waals surface area (Å²) in [5, 5.41) is 0. The van der Waals surface area contributed by atoms with Crippen molar-refractivity contribution in [3.05, 3.63) is 53.1 Å². The molecule has 0 aliphatic heterocycles. The number of rotatable bonds is 9. The van der Waals surface area contributed by atoms with Crippen LogP contribution in [0.3, 0.4) is 0 Å². The molecule has 0 atom stereocenters. The van der Waals surface area contributed by atoms with Crippen LogP contribution in [0.25, 0.3) is 11.1 Å². The molecule has 0 bridgehead atoms. The molecule has 1 aliphatic carbocycles. The minimum absolute atomic E-state index is 0.422. The summed E-state index contributed by atoms with van der Waals surface area (Å²) in [5.74, 6) is -5.18. The van der Waals surface area contributed by atoms with Crippen molar-refractivity contribution in [2.45, 2.75) is 78.0 Å². The largest absolute Gasteiger partial charge is 0.573 e. The summed E-state index contributed by atoms with van der Waals surface area (Å²) in [6.45, 7) is 4.46. The summed E-state index contributed by atoms with van der Waals surface area (Å²) >= 11 is 0. The van der Waals surface area contributed by atoms with Crippen LogP contribution in [0.15, 0.2) is 24.3 Å². The Balaban J connectivity index is 1.62. The Hall–Kier alpha value is -2.25. The van der Waals surface area contributed by atoms with E-state index in [1.54, 1.807) is 0 Å². The molecule has 2 aromatic rings. The quantitative estimate of drug-likeness (QED) is 0.309. The fraction of sp³-hybridized carbons (Fsp3) is 0.556. The Morgan fingerprint density at radius 3 is 1.80 bits per heavy atom. The van der Waals surface area contributed by atoms with Crippen LogP contribution in [0.4, 0.5) is 30.7 Å². The normalized spacial score (nSPS) is 18.8. The first-order chi connectivity index (χ1) is 16.4. The van der Waals surface area contributed by atoms with Crippen LogP contribution < -0.4 is 4.74 Å². The van der Waals surface area contributed by atoms with Crippen molar-refractivity contribution in [2.24, 2.45) is 17.8 Å². The summed E-state index contributed by atoms with van der Waals surface area (Å²) in [6, 6.07) is 3.08. The molecule has 1 saturated carbocycles. The number of halogens is 7. The van der Waals surface area contributed by atoms with E-state index in [2.05, 4.69) is 18.6 Å². The molecule has 0 spiro atoms. The maximum absolute atomic E-state index is 14.7. The zero-order valence-corrected chi connectivity index (χ0v) is 20.0. The van der Waals surface area contributed by atoms with Crippen molar-refractivity contribution in [2.75, 3.05) is 0 Å². The van der Waals surface area contributed by atoms with Gasteiger partial charge in [-0.3, -0.25) is 0 Å². The number of benzene rings is 2. The molecule has 0 unspecified atom stereocenters. The van der Waals surface area contributed by atoms with E-state index >= 15 is 0 Å². The van der Waals surface area contributed by atoms with Gasteiger partial charge in [-0.05, 0) is 66.0 Å². The summed E-state index contributed by atoms with van der Waals surface area (Å²) in [5.41, 5.74) is -0.820. The number of aryl methyl sites for hydroxylation is 1. The van der Waals surface area contributed by atoms with Gasteiger partial charge in [0.15, 0.2) is 11.6 Å². The lowest BCUT2D eigenvalue weighted by molar-refractivity contribution is -0.276. The maximum Gasteiger partial charge on any atom is 0.573 e. The van der Waals surface area contributed by atoms with Crippen molar-refractivity contribution in [3.63, 3.8) is 0 Å². The predicted molar refractivity (Wildman–Crippen MR) is 121 cm³/mol. The molecule has 0 aromatic heterocycles. The van der Waals surface area contributed by atoms with Gasteiger partial charge in [0.1, 0.15) is 11.6 Å². The van der Waals surface area contributed by atoms with E-state index in [9.17, 15) is 30.7 Å². The smallest absolute Gasteiger partial charge is 0.399 e. The molecule has 1 fully saturated rings. The van der Waals surface area contributed by atoms with E-state index in [4.69, 9.17) is 0 Å². The molecule has 0 amide bonds. The van der Waals surface area contributed by atoms with Gasteiger partial charge < -0.3 is 4.74 Å². The van der Waals surface area contributed by atoms with Gasteiger partial charge in [-0.2, -0.15) is 0 Å². The number of alkyl halides is 3. The van der Waals surface area contributed by atoms with E-state index in [1.165, 1.54) is 32.1 Å². The minimum Gasteiger partial charge on any atom is -0.399 e. The Kier molecular flexibility index (Phi) is 9.11. The molecule has 0 saturated heterocycles. The lowest BCUT2D eigenvalue weighted by atomic mass is 9.77. The third-order valence-corrected chi connectivity index (χ3v) is 6.81. The maximum atomic E-state index is 14.7. The number of hydrogen-bond acceptors (Lipinski definition) is 1. The minimum atomic E-state index is -5.31. The third kappa shape index (κ3) is 7.87. The number of hydrogen-bond donors (Lipinski definition) is 0. The SMILES string of the molecule is CC(C)CCCC1CCC(CCc2cc(F)c(-c3cc(F)c(OC(F)(F)F)c(F)c3)c(F)c2)CC1. The van der Waals surface area contributed by atoms with Gasteiger partial charge in [-0.15, -0.1) is 13.2 Å². The molecule has 8 heteroatoms. The monoisotopic (exact) mass is 504 g/mol. The van der Waals surface area contributed by atoms with Crippen molar-refractivity contribution in [1.29, 1.82) is 0 Å². The summed E-state index contributed by atoms with van der Waals surface area (Å²) in [4.78, 5) is 0. The van der Waals surface area contributed by atoms with Gasteiger partial charge in [-0.25, -0.2) is 17.6 Å². The highest BCUT2D eigenvalue weighted by molar-refractivity contribution is 5.66. The van der Waals surface area contributed by atoms with E-state index < -0.39 is 46.5 Å². The fourth-order valence-electron chi connectivity index (χ4n) is 4.96. The summed E-state index contributed by atoms with van der Waals surface area (Å²) < 4.78 is 97.8. The second kappa shape index (κ2) is 11.7. The van der Waals surface area contributed by atoms with Crippen LogP contribution in [0.5, 0.6) is 5.75 Å². The van der Waals surface area contributed by atoms with Crippen molar-refractivity contribution in [3.8, 4) is 16.9 Å². The molecular formula is C27H31F7O. The molecule has 0 N–H and O–H groups in total. The molecule has 35 heavy (non-hydrogen) atoms. The first-order valence-corrected chi connectivity index (χ1v) is 12.2. The summed E-state index contributed by atoms with van der Waals surface area (Å²) in [6.07, 6.45) is 4.26. The van der Waals surface area contributed by atoms with Gasteiger partial charge in [0, 0.05) is 0 Å². The van der Waals surface area contributed by atoms with Crippen LogP contribution in [0.1, 0.15) is 70.8 Å². The summed E-state index contributed by atoms with van der Waals surface area (Å²) in [7, 11) is 0. The Bertz CT molecular complexity index is 945. The van der Waals surface area contributed by atoms with Crippen LogP contribution >= 0.6 is 0 Å². The van der Waals surface area contributed by atoms with Gasteiger partial charge >= 0.3 is 6.36 Å². The molecule has 2 aromatic carbocycles. The topological polar surface area (TPSA) is 9.23 Å². The Morgan fingerprint density at radius 2 is 1.31 bits per heavy atom. The van der Waals surface area contributed by atoms with E-state index in [0.717, 1.165) is 43.2 Å². The zero-order valence-electron chi connectivity index (χ0n) is 20.0. The highest BCUT2D eigenvalue weighted by atomic mass is 19.4. The molecule has 1 nitrogen and oxygen atoms in total. The van der Waals surface area contributed by atoms with Crippen molar-refractivity contribution < 1.29 is 35.5 Å². The Labute approximate surface area is 201 Å². The fourth-order valence-corrected chi connectivity index (χ4v) is 4.96. The highest BCUT2D eigenvalue weighted by Crippen LogP contribution is 2.37. The molecule has 1 aliphatic rings. The van der Waals surface area contributed by atoms with Gasteiger partial charge in [0.2, 0.25) is 5.75 Å². The second-order valence-electron chi connectivity index (χ2n) is 10.0. The van der Waals surface area contributed by atoms with Gasteiger partial charge in [0.25, 0.3) is 0 Å². The first-order valence-electron chi connectivity index (χ1n) is 12.2. The van der Waals surface area contributed by atoms with Crippen LogP contribution in [0, 0.1) is 41.0 Å². The third-order valence-electron chi connectivity index (χ3n) is 6.81. The average molecular weight is 505 g/mol. The van der Waals surface area contributed by atoms with Crippen LogP contribution in [0.2, 0.25) is 0 Å². The standard InChI is InChI=1S/C27H31F7O/c1-16(2)4-3-5-17-6-8-18(9-7-17)10-11-19-12-21(28)25(22(29)13-19)20-14-23(30)26(24(31)15-20)35-27(32,33)34/h12-18H,3-11H2,1-2H3. The predicted octanol–water partition coefficient (Wildman–Crippen LogP) is 9.37. The average Bonchev–Trinajstić information content (AvgIpc) is 2.74. The Morgan fingerprint density at radius 1 is 0.800 bits per heavy atom.